The van der Waals surface area contributed by atoms with Gasteiger partial charge in [-0.2, -0.15) is 0 Å². The molecule has 10 nitrogen and oxygen atoms in total. The molecule has 10 heteroatoms. The molecule has 0 aromatic carbocycles. The van der Waals surface area contributed by atoms with Crippen molar-refractivity contribution in [3.63, 3.8) is 0 Å². The number of hydrogen-bond acceptors (Lipinski definition) is 7. The van der Waals surface area contributed by atoms with Crippen molar-refractivity contribution < 1.29 is 30.2 Å². The average molecular weight is 406 g/mol. The summed E-state index contributed by atoms with van der Waals surface area (Å²) >= 11 is 0. The minimum atomic E-state index is -0.782. The molecule has 28 heavy (non-hydrogen) atoms. The summed E-state index contributed by atoms with van der Waals surface area (Å²) in [5, 5.41) is 5.69. The Morgan fingerprint density at radius 2 is 1.79 bits per heavy atom. The second-order valence-electron chi connectivity index (χ2n) is 6.80. The summed E-state index contributed by atoms with van der Waals surface area (Å²) in [4.78, 5) is 64.9. The van der Waals surface area contributed by atoms with Crippen molar-refractivity contribution in [3.05, 3.63) is 0 Å². The number of carbonyl (C=O) groups is 5. The van der Waals surface area contributed by atoms with Crippen LogP contribution in [0.3, 0.4) is 0 Å². The van der Waals surface area contributed by atoms with Gasteiger partial charge in [-0.3, -0.25) is 24.1 Å². The number of amides is 4. The van der Waals surface area contributed by atoms with Crippen LogP contribution in [-0.2, 0) is 28.8 Å². The van der Waals surface area contributed by atoms with Crippen LogP contribution < -0.4 is 10.6 Å². The van der Waals surface area contributed by atoms with E-state index in [1.54, 1.807) is 0 Å². The highest BCUT2D eigenvalue weighted by molar-refractivity contribution is 6.01. The molecule has 2 aliphatic heterocycles. The molecule has 0 aromatic heterocycles. The standard InChI is InChI=1S/C18H28N4O6/c1-2-13-4-3-11-21(13)12-15(24)20-9-7-14(23)19-10-8-18(27)28-22-16(25)5-6-17(22)26/h13H,2-12H2,1H3,(H,19,23)(H,20,24)/i1D,2+1,3+1,4+1,11+1,12+1,13+1,15+1,18+1,21+1. The molecule has 4 amide bonds. The lowest BCUT2D eigenvalue weighted by Crippen LogP contribution is -2.40. The fraction of sp³-hybridized carbons (Fsp3) is 0.722. The average Bonchev–Trinajstić information content (AvgIpc) is 3.23. The van der Waals surface area contributed by atoms with Gasteiger partial charge in [-0.1, -0.05) is 6.90 Å². The van der Waals surface area contributed by atoms with Crippen molar-refractivity contribution in [1.82, 2.24) is 20.6 Å². The van der Waals surface area contributed by atoms with Gasteiger partial charge in [0.25, 0.3) is 11.8 Å². The topological polar surface area (TPSA) is 125 Å². The first kappa shape index (κ1) is 20.2. The highest BCUT2D eigenvalue weighted by Crippen LogP contribution is 2.18. The summed E-state index contributed by atoms with van der Waals surface area (Å²) in [5.74, 6) is -2.38. The molecule has 2 rings (SSSR count). The smallest absolute Gasteiger partial charge is 0.334 e. The van der Waals surface area contributed by atoms with E-state index < -0.39 is 17.8 Å². The summed E-state index contributed by atoms with van der Waals surface area (Å²) in [6.45, 7) is 1.66. The minimum absolute atomic E-state index is 0.00438. The molecule has 0 saturated carbocycles. The fourth-order valence-electron chi connectivity index (χ4n) is 3.18. The molecule has 2 fully saturated rings. The van der Waals surface area contributed by atoms with Crippen molar-refractivity contribution >= 4 is 29.6 Å². The lowest BCUT2D eigenvalue weighted by molar-refractivity contribution is -0.197. The fourth-order valence-corrected chi connectivity index (χ4v) is 3.18. The Morgan fingerprint density at radius 3 is 2.50 bits per heavy atom. The van der Waals surface area contributed by atoms with E-state index in [-0.39, 0.29) is 63.2 Å². The molecular formula is C18H28N4O6. The molecule has 0 spiro atoms. The molecule has 0 aliphatic carbocycles. The van der Waals surface area contributed by atoms with E-state index in [4.69, 9.17) is 6.21 Å². The lowest BCUT2D eigenvalue weighted by Gasteiger charge is -2.22. The Hall–Kier alpha value is -2.49. The molecule has 1 unspecified atom stereocenters. The molecule has 0 radical (unpaired) electrons. The maximum Gasteiger partial charge on any atom is 0.334 e. The first-order valence-electron chi connectivity index (χ1n) is 10.2. The number of nitrogens with zero attached hydrogens (tertiary/aromatic N) is 2. The summed E-state index contributed by atoms with van der Waals surface area (Å²) in [7, 11) is 0. The van der Waals surface area contributed by atoms with Gasteiger partial charge in [-0.05, 0) is 25.8 Å². The molecule has 156 valence electrons. The van der Waals surface area contributed by atoms with Gasteiger partial charge in [-0.15, -0.1) is 5.06 Å². The van der Waals surface area contributed by atoms with Crippen LogP contribution in [0.5, 0.6) is 0 Å². The van der Waals surface area contributed by atoms with Crippen LogP contribution in [0.4, 0.5) is 0 Å². The Balaban J connectivity index is 1.54. The van der Waals surface area contributed by atoms with Crippen LogP contribution in [0.2, 0.25) is 0 Å². The van der Waals surface area contributed by atoms with Crippen LogP contribution in [0.25, 0.3) is 0 Å². The molecule has 2 heterocycles. The number of likely N-dealkylation sites (tertiary alicyclic amines) is 1. The Kier molecular flexibility index (Phi) is 7.77. The zero-order valence-electron chi connectivity index (χ0n) is 16.9. The Labute approximate surface area is 165 Å². The Morgan fingerprint density at radius 1 is 1.11 bits per heavy atom. The highest BCUT2D eigenvalue weighted by Gasteiger charge is 2.32. The van der Waals surface area contributed by atoms with Crippen LogP contribution in [0, 0.1) is 0 Å². The number of nitrogens with one attached hydrogen (secondary N) is 2. The van der Waals surface area contributed by atoms with Gasteiger partial charge in [0.05, 0.1) is 13.0 Å². The minimum Gasteiger partial charge on any atom is -0.355 e. The molecule has 2 N–H and O–H groups in total. The van der Waals surface area contributed by atoms with Crippen molar-refractivity contribution in [2.75, 3.05) is 26.2 Å². The largest absolute Gasteiger partial charge is 0.355 e. The van der Waals surface area contributed by atoms with Crippen molar-refractivity contribution in [2.24, 2.45) is 0 Å². The predicted molar refractivity (Wildman–Crippen MR) is 97.3 cm³/mol. The van der Waals surface area contributed by atoms with Crippen LogP contribution in [0.1, 0.15) is 53.2 Å². The second kappa shape index (κ2) is 10.7. The summed E-state index contributed by atoms with van der Waals surface area (Å²) in [6, 6.07) is 0.285. The third-order valence-corrected chi connectivity index (χ3v) is 4.70. The molecular weight excluding hydrogens is 377 g/mol. The van der Waals surface area contributed by atoms with Gasteiger partial charge in [0, 0.05) is 39.8 Å². The monoisotopic (exact) mass is 406 g/mol. The van der Waals surface area contributed by atoms with Crippen molar-refractivity contribution in [2.45, 2.75) is 57.9 Å². The normalized spacial score (nSPS) is 20.2. The van der Waals surface area contributed by atoms with E-state index >= 15 is 0 Å². The second-order valence-corrected chi connectivity index (χ2v) is 6.80. The van der Waals surface area contributed by atoms with Crippen molar-refractivity contribution in [1.29, 1.82) is 0 Å². The van der Waals surface area contributed by atoms with E-state index in [0.29, 0.717) is 12.0 Å². The highest BCUT2D eigenvalue weighted by atomic mass is 16.8. The first-order chi connectivity index (χ1) is 13.9. The molecule has 2 saturated heterocycles. The quantitative estimate of drug-likeness (QED) is 0.284. The van der Waals surface area contributed by atoms with E-state index in [9.17, 15) is 24.0 Å². The zero-order valence-corrected chi connectivity index (χ0v) is 15.9. The van der Waals surface area contributed by atoms with Gasteiger partial charge in [0.15, 0.2) is 0 Å². The van der Waals surface area contributed by atoms with Gasteiger partial charge in [-0.25, -0.2) is 4.79 Å². The molecule has 0 bridgehead atoms. The Bertz CT molecular complexity index is 628. The van der Waals surface area contributed by atoms with Crippen LogP contribution in [-0.4, -0.2) is 71.8 Å². The van der Waals surface area contributed by atoms with Crippen molar-refractivity contribution in [3.8, 4) is 0 Å². The van der Waals surface area contributed by atoms with E-state index in [2.05, 4.69) is 15.5 Å². The first-order valence-corrected chi connectivity index (χ1v) is 9.54. The van der Waals surface area contributed by atoms with E-state index in [1.807, 2.05) is 0 Å². The van der Waals surface area contributed by atoms with Gasteiger partial charge in [0.2, 0.25) is 11.8 Å². The molecule has 2 aliphatic rings. The van der Waals surface area contributed by atoms with Gasteiger partial charge in [0.1, 0.15) is 0 Å². The maximum absolute atomic E-state index is 12.0. The predicted octanol–water partition coefficient (Wildman–Crippen LogP) is -0.519. The number of rotatable bonds is 10. The summed E-state index contributed by atoms with van der Waals surface area (Å²) in [5.41, 5.74) is 0. The zero-order chi connectivity index (χ0) is 21.2. The van der Waals surface area contributed by atoms with Crippen LogP contribution >= 0.6 is 0 Å². The van der Waals surface area contributed by atoms with E-state index in [1.165, 1.54) is 0 Å². The SMILES string of the molecule is [2H]C[13CH2][13CH]1[13CH2][13CH2][13CH2][15N]1[13CH2][13C](=O)NCCC(=O)NCC[13C](=O)ON1C(=O)CCC1=O. The number of hydrogen-bond donors (Lipinski definition) is 2. The third kappa shape index (κ3) is 6.59. The summed E-state index contributed by atoms with van der Waals surface area (Å²) in [6.07, 6.45) is 2.74. The van der Waals surface area contributed by atoms with E-state index in [0.717, 1.165) is 25.8 Å². The third-order valence-electron chi connectivity index (χ3n) is 4.70. The number of hydroxylamine groups is 2. The summed E-state index contributed by atoms with van der Waals surface area (Å²) < 4.78 is 7.32. The van der Waals surface area contributed by atoms with Crippen LogP contribution in [0.15, 0.2) is 0 Å². The molecule has 0 aromatic rings. The van der Waals surface area contributed by atoms with Gasteiger partial charge < -0.3 is 15.5 Å². The van der Waals surface area contributed by atoms with Gasteiger partial charge >= 0.3 is 5.97 Å². The lowest BCUT2D eigenvalue weighted by atomic mass is 10.4. The number of carbonyl (C=O) groups excluding carboxylic acids is 5. The number of imide groups is 1. The maximum atomic E-state index is 12.0. The molecule has 1 atom stereocenters.